The molecular weight excluding hydrogens is 198 g/mol. The molecule has 0 N–H and O–H groups in total. The Kier molecular flexibility index (Phi) is 3.62. The fraction of sp³-hybridized carbons (Fsp3) is 0.846. The van der Waals surface area contributed by atoms with Crippen LogP contribution < -0.4 is 0 Å². The van der Waals surface area contributed by atoms with E-state index in [1.807, 2.05) is 0 Å². The van der Waals surface area contributed by atoms with E-state index >= 15 is 0 Å². The molecule has 90 valence electrons. The van der Waals surface area contributed by atoms with Gasteiger partial charge in [0, 0.05) is 11.6 Å². The first-order valence-electron chi connectivity index (χ1n) is 6.59. The Morgan fingerprint density at radius 1 is 1.12 bits per heavy atom. The summed E-state index contributed by atoms with van der Waals surface area (Å²) < 4.78 is 0. The van der Waals surface area contributed by atoms with E-state index in [1.54, 1.807) is 0 Å². The van der Waals surface area contributed by atoms with Crippen molar-refractivity contribution in [2.24, 2.45) is 16.3 Å². The fourth-order valence-corrected chi connectivity index (χ4v) is 2.59. The third kappa shape index (κ3) is 2.28. The van der Waals surface area contributed by atoms with Gasteiger partial charge in [0.25, 0.3) is 0 Å². The molecule has 3 nitrogen and oxygen atoms in total. The number of hydrogen-bond donors (Lipinski definition) is 0. The van der Waals surface area contributed by atoms with Gasteiger partial charge in [0.2, 0.25) is 0 Å². The van der Waals surface area contributed by atoms with E-state index < -0.39 is 0 Å². The van der Waals surface area contributed by atoms with Crippen molar-refractivity contribution in [1.29, 1.82) is 0 Å². The van der Waals surface area contributed by atoms with Gasteiger partial charge in [0.15, 0.2) is 0 Å². The summed E-state index contributed by atoms with van der Waals surface area (Å²) in [6, 6.07) is 0.836. The molecule has 2 unspecified atom stereocenters. The Balaban J connectivity index is 2.08. The van der Waals surface area contributed by atoms with Crippen LogP contribution in [-0.2, 0) is 0 Å². The van der Waals surface area contributed by atoms with Gasteiger partial charge in [0.05, 0.1) is 12.1 Å². The molecule has 1 aliphatic carbocycles. The highest BCUT2D eigenvalue weighted by Gasteiger charge is 2.29. The molecule has 0 amide bonds. The Morgan fingerprint density at radius 2 is 1.75 bits per heavy atom. The first kappa shape index (κ1) is 11.6. The van der Waals surface area contributed by atoms with E-state index in [9.17, 15) is 0 Å². The van der Waals surface area contributed by atoms with E-state index in [1.165, 1.54) is 38.5 Å². The largest absolute Gasteiger partial charge is 0.249 e. The molecule has 0 aromatic rings. The summed E-state index contributed by atoms with van der Waals surface area (Å²) in [5.74, 6) is 0.431. The number of rotatable bonds is 1. The first-order valence-corrected chi connectivity index (χ1v) is 6.59. The van der Waals surface area contributed by atoms with E-state index in [0.717, 1.165) is 5.70 Å². The molecule has 1 heterocycles. The second-order valence-electron chi connectivity index (χ2n) is 5.22. The zero-order valence-corrected chi connectivity index (χ0v) is 10.5. The lowest BCUT2D eigenvalue weighted by molar-refractivity contribution is 0.168. The van der Waals surface area contributed by atoms with Crippen LogP contribution in [0.5, 0.6) is 0 Å². The minimum absolute atomic E-state index is 0.287. The summed E-state index contributed by atoms with van der Waals surface area (Å²) >= 11 is 0. The van der Waals surface area contributed by atoms with E-state index in [2.05, 4.69) is 35.8 Å². The third-order valence-electron chi connectivity index (χ3n) is 4.04. The molecule has 0 saturated heterocycles. The molecule has 16 heavy (non-hydrogen) atoms. The van der Waals surface area contributed by atoms with Crippen LogP contribution in [0.3, 0.4) is 0 Å². The van der Waals surface area contributed by atoms with Crippen LogP contribution >= 0.6 is 0 Å². The SMILES string of the molecule is C=C1C(C)C(C)N=NN1C1CCCCCC1. The molecule has 2 rings (SSSR count). The van der Waals surface area contributed by atoms with Crippen molar-refractivity contribution in [1.82, 2.24) is 5.01 Å². The average Bonchev–Trinajstić information content (AvgIpc) is 2.55. The highest BCUT2D eigenvalue weighted by atomic mass is 15.6. The summed E-state index contributed by atoms with van der Waals surface area (Å²) in [5.41, 5.74) is 1.16. The Bertz CT molecular complexity index is 277. The topological polar surface area (TPSA) is 28.0 Å². The smallest absolute Gasteiger partial charge is 0.0782 e. The molecule has 1 saturated carbocycles. The fourth-order valence-electron chi connectivity index (χ4n) is 2.59. The van der Waals surface area contributed by atoms with Crippen molar-refractivity contribution in [3.63, 3.8) is 0 Å². The lowest BCUT2D eigenvalue weighted by atomic mass is 9.98. The maximum Gasteiger partial charge on any atom is 0.0782 e. The molecule has 3 heteroatoms. The van der Waals surface area contributed by atoms with Crippen molar-refractivity contribution in [2.75, 3.05) is 0 Å². The van der Waals surface area contributed by atoms with E-state index in [-0.39, 0.29) is 6.04 Å². The quantitative estimate of drug-likeness (QED) is 0.616. The summed E-state index contributed by atoms with van der Waals surface area (Å²) in [6.45, 7) is 8.52. The van der Waals surface area contributed by atoms with Crippen LogP contribution in [0, 0.1) is 5.92 Å². The molecular formula is C13H23N3. The standard InChI is InChI=1S/C13H23N3/c1-10-11(2)14-15-16(12(10)3)13-8-6-4-5-7-9-13/h10-11,13H,3-9H2,1-2H3. The van der Waals surface area contributed by atoms with Gasteiger partial charge in [-0.15, -0.1) is 0 Å². The van der Waals surface area contributed by atoms with Gasteiger partial charge in [-0.3, -0.25) is 0 Å². The van der Waals surface area contributed by atoms with Gasteiger partial charge >= 0.3 is 0 Å². The lowest BCUT2D eigenvalue weighted by Gasteiger charge is -2.36. The second-order valence-corrected chi connectivity index (χ2v) is 5.22. The van der Waals surface area contributed by atoms with Crippen LogP contribution in [0.25, 0.3) is 0 Å². The molecule has 0 bridgehead atoms. The van der Waals surface area contributed by atoms with Crippen LogP contribution in [0.1, 0.15) is 52.4 Å². The van der Waals surface area contributed by atoms with Crippen LogP contribution in [-0.4, -0.2) is 17.1 Å². The van der Waals surface area contributed by atoms with Gasteiger partial charge in [-0.25, -0.2) is 5.01 Å². The molecule has 2 atom stereocenters. The monoisotopic (exact) mass is 221 g/mol. The van der Waals surface area contributed by atoms with Crippen molar-refractivity contribution in [3.8, 4) is 0 Å². The van der Waals surface area contributed by atoms with Crippen LogP contribution in [0.2, 0.25) is 0 Å². The minimum atomic E-state index is 0.287. The van der Waals surface area contributed by atoms with Crippen molar-refractivity contribution >= 4 is 0 Å². The predicted molar refractivity (Wildman–Crippen MR) is 66.0 cm³/mol. The zero-order valence-electron chi connectivity index (χ0n) is 10.5. The molecule has 1 aliphatic heterocycles. The highest BCUT2D eigenvalue weighted by molar-refractivity contribution is 5.04. The minimum Gasteiger partial charge on any atom is -0.249 e. The Hall–Kier alpha value is -0.860. The lowest BCUT2D eigenvalue weighted by Crippen LogP contribution is -2.36. The number of hydrogen-bond acceptors (Lipinski definition) is 3. The summed E-state index contributed by atoms with van der Waals surface area (Å²) in [4.78, 5) is 0. The normalized spacial score (nSPS) is 32.9. The van der Waals surface area contributed by atoms with E-state index in [4.69, 9.17) is 0 Å². The summed E-state index contributed by atoms with van der Waals surface area (Å²) in [6.07, 6.45) is 7.90. The van der Waals surface area contributed by atoms with Crippen molar-refractivity contribution in [2.45, 2.75) is 64.5 Å². The molecule has 0 radical (unpaired) electrons. The van der Waals surface area contributed by atoms with Crippen LogP contribution in [0.4, 0.5) is 0 Å². The number of nitrogens with zero attached hydrogens (tertiary/aromatic N) is 3. The average molecular weight is 221 g/mol. The van der Waals surface area contributed by atoms with Crippen molar-refractivity contribution in [3.05, 3.63) is 12.3 Å². The maximum atomic E-state index is 4.37. The Morgan fingerprint density at radius 3 is 2.38 bits per heavy atom. The van der Waals surface area contributed by atoms with Crippen LogP contribution in [0.15, 0.2) is 22.6 Å². The van der Waals surface area contributed by atoms with Crippen molar-refractivity contribution < 1.29 is 0 Å². The summed E-state index contributed by atoms with van der Waals surface area (Å²) in [5, 5.41) is 10.8. The van der Waals surface area contributed by atoms with Gasteiger partial charge in [-0.1, -0.05) is 44.4 Å². The highest BCUT2D eigenvalue weighted by Crippen LogP contribution is 2.32. The van der Waals surface area contributed by atoms with E-state index in [0.29, 0.717) is 12.0 Å². The molecule has 2 aliphatic rings. The molecule has 1 fully saturated rings. The van der Waals surface area contributed by atoms with Gasteiger partial charge < -0.3 is 0 Å². The molecule has 0 aromatic carbocycles. The zero-order chi connectivity index (χ0) is 11.5. The molecule has 0 spiro atoms. The molecule has 0 aromatic heterocycles. The predicted octanol–water partition coefficient (Wildman–Crippen LogP) is 3.93. The van der Waals surface area contributed by atoms with Gasteiger partial charge in [0.1, 0.15) is 0 Å². The van der Waals surface area contributed by atoms with Gasteiger partial charge in [-0.2, -0.15) is 5.11 Å². The Labute approximate surface area is 98.6 Å². The first-order chi connectivity index (χ1) is 7.70. The summed E-state index contributed by atoms with van der Waals surface area (Å²) in [7, 11) is 0. The third-order valence-corrected chi connectivity index (χ3v) is 4.04. The maximum absolute atomic E-state index is 4.37. The van der Waals surface area contributed by atoms with Gasteiger partial charge in [-0.05, 0) is 19.8 Å². The second kappa shape index (κ2) is 4.98.